The maximum absolute atomic E-state index is 12.7. The highest BCUT2D eigenvalue weighted by Crippen LogP contribution is 2.36. The first-order valence-corrected chi connectivity index (χ1v) is 11.1. The molecular weight excluding hydrogens is 372 g/mol. The molecule has 1 aliphatic heterocycles. The maximum Gasteiger partial charge on any atom is 0.314 e. The average Bonchev–Trinajstić information content (AvgIpc) is 3.26. The van der Waals surface area contributed by atoms with E-state index in [4.69, 9.17) is 5.10 Å². The van der Waals surface area contributed by atoms with Crippen LogP contribution in [0.1, 0.15) is 49.4 Å². The Labute approximate surface area is 169 Å². The summed E-state index contributed by atoms with van der Waals surface area (Å²) in [6.45, 7) is 4.16. The molecule has 1 aromatic carbocycles. The van der Waals surface area contributed by atoms with Gasteiger partial charge in [0.1, 0.15) is 5.82 Å². The lowest BCUT2D eigenvalue weighted by atomic mass is 9.86. The van der Waals surface area contributed by atoms with Crippen molar-refractivity contribution in [3.8, 4) is 5.69 Å². The van der Waals surface area contributed by atoms with Crippen molar-refractivity contribution in [2.45, 2.75) is 57.1 Å². The van der Waals surface area contributed by atoms with Gasteiger partial charge in [-0.1, -0.05) is 31.9 Å². The number of thioether (sulfide) groups is 1. The number of carbonyl (C=O) groups is 2. The minimum atomic E-state index is -0.619. The number of aryl methyl sites for hydroxylation is 1. The third kappa shape index (κ3) is 3.81. The number of carbonyl (C=O) groups excluding carboxylic acids is 2. The van der Waals surface area contributed by atoms with E-state index in [0.29, 0.717) is 11.7 Å². The largest absolute Gasteiger partial charge is 0.345 e. The van der Waals surface area contributed by atoms with E-state index in [2.05, 4.69) is 17.6 Å². The Bertz CT molecular complexity index is 908. The number of aromatic nitrogens is 2. The van der Waals surface area contributed by atoms with Gasteiger partial charge in [-0.25, -0.2) is 4.68 Å². The predicted octanol–water partition coefficient (Wildman–Crippen LogP) is 3.56. The van der Waals surface area contributed by atoms with Gasteiger partial charge in [0.25, 0.3) is 0 Å². The van der Waals surface area contributed by atoms with Gasteiger partial charge in [0.05, 0.1) is 11.4 Å². The van der Waals surface area contributed by atoms with E-state index in [0.717, 1.165) is 53.3 Å². The van der Waals surface area contributed by atoms with Gasteiger partial charge in [-0.3, -0.25) is 9.59 Å². The van der Waals surface area contributed by atoms with Crippen LogP contribution in [0.25, 0.3) is 5.69 Å². The highest BCUT2D eigenvalue weighted by molar-refractivity contribution is 7.98. The summed E-state index contributed by atoms with van der Waals surface area (Å²) in [5.41, 5.74) is 3.99. The summed E-state index contributed by atoms with van der Waals surface area (Å²) in [6, 6.07) is 8.05. The van der Waals surface area contributed by atoms with Crippen LogP contribution in [0.2, 0.25) is 0 Å². The van der Waals surface area contributed by atoms with Crippen LogP contribution in [0.5, 0.6) is 0 Å². The molecule has 2 heterocycles. The second-order valence-corrected chi connectivity index (χ2v) is 8.80. The summed E-state index contributed by atoms with van der Waals surface area (Å²) in [5.74, 6) is 1.45. The van der Waals surface area contributed by atoms with Gasteiger partial charge in [-0.2, -0.15) is 16.9 Å². The van der Waals surface area contributed by atoms with E-state index in [-0.39, 0.29) is 6.04 Å². The fourth-order valence-electron chi connectivity index (χ4n) is 4.02. The number of hydrogen-bond acceptors (Lipinski definition) is 4. The Kier molecular flexibility index (Phi) is 5.44. The van der Waals surface area contributed by atoms with Crippen LogP contribution < -0.4 is 10.6 Å². The molecule has 7 heteroatoms. The monoisotopic (exact) mass is 398 g/mol. The third-order valence-electron chi connectivity index (χ3n) is 5.66. The number of nitrogens with zero attached hydrogens (tertiary/aromatic N) is 2. The molecule has 2 amide bonds. The van der Waals surface area contributed by atoms with E-state index in [9.17, 15) is 9.59 Å². The number of nitrogens with one attached hydrogen (secondary N) is 2. The van der Waals surface area contributed by atoms with Crippen LogP contribution in [-0.2, 0) is 21.1 Å². The lowest BCUT2D eigenvalue weighted by Crippen LogP contribution is -2.46. The van der Waals surface area contributed by atoms with Crippen molar-refractivity contribution >= 4 is 29.4 Å². The Morgan fingerprint density at radius 1 is 1.18 bits per heavy atom. The molecule has 1 fully saturated rings. The van der Waals surface area contributed by atoms with Gasteiger partial charge in [-0.05, 0) is 43.4 Å². The summed E-state index contributed by atoms with van der Waals surface area (Å²) in [6.07, 6.45) is 4.33. The van der Waals surface area contributed by atoms with E-state index >= 15 is 0 Å². The minimum Gasteiger partial charge on any atom is -0.345 e. The highest BCUT2D eigenvalue weighted by atomic mass is 32.2. The molecule has 4 rings (SSSR count). The Morgan fingerprint density at radius 3 is 2.79 bits per heavy atom. The summed E-state index contributed by atoms with van der Waals surface area (Å²) in [7, 11) is 0. The zero-order valence-corrected chi connectivity index (χ0v) is 17.1. The summed E-state index contributed by atoms with van der Waals surface area (Å²) in [4.78, 5) is 25.2. The number of benzene rings is 1. The van der Waals surface area contributed by atoms with Gasteiger partial charge >= 0.3 is 11.8 Å². The van der Waals surface area contributed by atoms with Crippen LogP contribution >= 0.6 is 11.8 Å². The quantitative estimate of drug-likeness (QED) is 0.775. The minimum absolute atomic E-state index is 0.0787. The molecule has 148 valence electrons. The first kappa shape index (κ1) is 19.1. The Morgan fingerprint density at radius 2 is 2.00 bits per heavy atom. The van der Waals surface area contributed by atoms with Crippen molar-refractivity contribution in [3.05, 3.63) is 41.1 Å². The number of anilines is 1. The fraction of sp³-hybridized carbons (Fsp3) is 0.476. The topological polar surface area (TPSA) is 76.0 Å². The van der Waals surface area contributed by atoms with Gasteiger partial charge in [0.2, 0.25) is 0 Å². The summed E-state index contributed by atoms with van der Waals surface area (Å²) < 4.78 is 1.76. The van der Waals surface area contributed by atoms with Gasteiger partial charge in [0.15, 0.2) is 0 Å². The van der Waals surface area contributed by atoms with Gasteiger partial charge in [-0.15, -0.1) is 0 Å². The standard InChI is InChI=1S/C21H26N4O2S/c1-13-6-5-8-15(10-13)25-19(16-11-28-12-18(16)24-25)23-21(27)20(26)22-17-9-4-3-7-14(17)2/h5-6,8,10,14,17H,3-4,7,9,11-12H2,1-2H3,(H,22,26)(H,23,27)/t14-,17-/m1/s1. The second kappa shape index (κ2) is 7.99. The van der Waals surface area contributed by atoms with E-state index in [1.165, 1.54) is 6.42 Å². The molecule has 0 bridgehead atoms. The Balaban J connectivity index is 1.55. The summed E-state index contributed by atoms with van der Waals surface area (Å²) >= 11 is 1.77. The van der Waals surface area contributed by atoms with Crippen molar-refractivity contribution in [2.24, 2.45) is 5.92 Å². The van der Waals surface area contributed by atoms with Crippen molar-refractivity contribution in [3.63, 3.8) is 0 Å². The molecule has 2 atom stereocenters. The number of amides is 2. The molecule has 6 nitrogen and oxygen atoms in total. The zero-order valence-electron chi connectivity index (χ0n) is 16.3. The molecule has 0 radical (unpaired) electrons. The number of fused-ring (bicyclic) bond motifs is 1. The predicted molar refractivity (Wildman–Crippen MR) is 111 cm³/mol. The maximum atomic E-state index is 12.7. The smallest absolute Gasteiger partial charge is 0.314 e. The van der Waals surface area contributed by atoms with Crippen LogP contribution in [0.3, 0.4) is 0 Å². The van der Waals surface area contributed by atoms with Crippen molar-refractivity contribution < 1.29 is 9.59 Å². The molecule has 2 aliphatic rings. The summed E-state index contributed by atoms with van der Waals surface area (Å²) in [5, 5.41) is 10.5. The van der Waals surface area contributed by atoms with Gasteiger partial charge < -0.3 is 10.6 Å². The lowest BCUT2D eigenvalue weighted by Gasteiger charge is -2.29. The van der Waals surface area contributed by atoms with Crippen molar-refractivity contribution in [1.29, 1.82) is 0 Å². The van der Waals surface area contributed by atoms with Crippen molar-refractivity contribution in [2.75, 3.05) is 5.32 Å². The first-order chi connectivity index (χ1) is 13.5. The van der Waals surface area contributed by atoms with Crippen LogP contribution in [0, 0.1) is 12.8 Å². The number of hydrogen-bond donors (Lipinski definition) is 2. The van der Waals surface area contributed by atoms with Crippen LogP contribution in [0.15, 0.2) is 24.3 Å². The van der Waals surface area contributed by atoms with Gasteiger partial charge in [0, 0.05) is 23.1 Å². The molecular formula is C21H26N4O2S. The third-order valence-corrected chi connectivity index (χ3v) is 6.63. The molecule has 1 saturated carbocycles. The fourth-order valence-corrected chi connectivity index (χ4v) is 5.05. The molecule has 1 aliphatic carbocycles. The molecule has 28 heavy (non-hydrogen) atoms. The van der Waals surface area contributed by atoms with E-state index in [1.807, 2.05) is 31.2 Å². The lowest BCUT2D eigenvalue weighted by molar-refractivity contribution is -0.137. The van der Waals surface area contributed by atoms with Crippen LogP contribution in [0.4, 0.5) is 5.82 Å². The van der Waals surface area contributed by atoms with Crippen LogP contribution in [-0.4, -0.2) is 27.6 Å². The normalized spacial score (nSPS) is 21.2. The SMILES string of the molecule is Cc1cccc(-n2nc3c(c2NC(=O)C(=O)N[C@@H]2CCCC[C@H]2C)CSC3)c1. The van der Waals surface area contributed by atoms with E-state index in [1.54, 1.807) is 16.4 Å². The molecule has 0 spiro atoms. The number of rotatable bonds is 3. The molecule has 0 saturated heterocycles. The molecule has 2 aromatic rings. The van der Waals surface area contributed by atoms with E-state index < -0.39 is 11.8 Å². The second-order valence-electron chi connectivity index (χ2n) is 7.81. The highest BCUT2D eigenvalue weighted by Gasteiger charge is 2.29. The van der Waals surface area contributed by atoms with Crippen molar-refractivity contribution in [1.82, 2.24) is 15.1 Å². The average molecular weight is 399 g/mol. The Hall–Kier alpha value is -2.28. The molecule has 0 unspecified atom stereocenters. The zero-order chi connectivity index (χ0) is 19.7. The first-order valence-electron chi connectivity index (χ1n) is 9.90. The molecule has 2 N–H and O–H groups in total. The molecule has 1 aromatic heterocycles.